The molecule has 0 amide bonds. The molecule has 0 fully saturated rings. The molecule has 5 nitrogen and oxygen atoms in total. The van der Waals surface area contributed by atoms with Crippen LogP contribution in [-0.2, 0) is 0 Å². The fourth-order valence-corrected chi connectivity index (χ4v) is 10.6. The molecular formula is C66H39F12N5. The van der Waals surface area contributed by atoms with Gasteiger partial charge in [-0.25, -0.2) is 19.9 Å². The van der Waals surface area contributed by atoms with E-state index in [1.165, 1.54) is 36.4 Å². The smallest absolute Gasteiger partial charge is 0.308 e. The largest absolute Gasteiger partial charge is 0.416 e. The number of rotatable bonds is 7. The third-order valence-corrected chi connectivity index (χ3v) is 14.5. The van der Waals surface area contributed by atoms with Crippen LogP contribution in [0, 0.1) is 5.92 Å². The Morgan fingerprint density at radius 1 is 0.410 bits per heavy atom. The Kier molecular flexibility index (Phi) is 13.5. The fraction of sp³-hybridized carbons (Fsp3) is 0.0909. The summed E-state index contributed by atoms with van der Waals surface area (Å²) in [6.07, 6.45) is -19.3. The van der Waals surface area contributed by atoms with Gasteiger partial charge in [-0.3, -0.25) is 0 Å². The number of hydrogen-bond acceptors (Lipinski definition) is 4. The molecule has 0 radical (unpaired) electrons. The second kappa shape index (κ2) is 20.7. The minimum absolute atomic E-state index is 0.0627. The van der Waals surface area contributed by atoms with Crippen molar-refractivity contribution in [3.8, 4) is 73.5 Å². The van der Waals surface area contributed by atoms with E-state index < -0.39 is 64.9 Å². The maximum atomic E-state index is 15.0. The van der Waals surface area contributed by atoms with Gasteiger partial charge in [0.05, 0.1) is 62.1 Å². The summed E-state index contributed by atoms with van der Waals surface area (Å²) in [5, 5.41) is 0.437. The van der Waals surface area contributed by atoms with Gasteiger partial charge in [-0.05, 0) is 76.6 Å². The molecule has 0 N–H and O–H groups in total. The van der Waals surface area contributed by atoms with Crippen molar-refractivity contribution in [2.24, 2.45) is 5.92 Å². The number of hydrogen-bond donors (Lipinski definition) is 0. The second-order valence-electron chi connectivity index (χ2n) is 19.7. The molecule has 83 heavy (non-hydrogen) atoms. The van der Waals surface area contributed by atoms with Crippen LogP contribution in [0.15, 0.2) is 235 Å². The van der Waals surface area contributed by atoms with E-state index in [9.17, 15) is 39.5 Å². The van der Waals surface area contributed by atoms with Gasteiger partial charge in [0.1, 0.15) is 0 Å². The summed E-state index contributed by atoms with van der Waals surface area (Å²) < 4.78 is 176. The van der Waals surface area contributed by atoms with Crippen molar-refractivity contribution in [3.05, 3.63) is 246 Å². The first-order valence-electron chi connectivity index (χ1n) is 25.7. The maximum absolute atomic E-state index is 15.0. The number of halogens is 12. The summed E-state index contributed by atoms with van der Waals surface area (Å²) >= 11 is 0. The summed E-state index contributed by atoms with van der Waals surface area (Å²) in [6, 6.07) is 54.1. The quantitative estimate of drug-likeness (QED) is 0.149. The van der Waals surface area contributed by atoms with Gasteiger partial charge >= 0.3 is 24.7 Å². The normalized spacial score (nSPS) is 16.5. The van der Waals surface area contributed by atoms with Crippen LogP contribution in [0.1, 0.15) is 6.42 Å². The summed E-state index contributed by atoms with van der Waals surface area (Å²) in [4.78, 5) is 20.4. The molecule has 7 aromatic carbocycles. The lowest BCUT2D eigenvalue weighted by Gasteiger charge is -2.24. The highest BCUT2D eigenvalue weighted by atomic mass is 19.4. The Morgan fingerprint density at radius 2 is 0.880 bits per heavy atom. The number of alkyl halides is 12. The molecule has 12 rings (SSSR count). The maximum Gasteiger partial charge on any atom is 0.416 e. The number of benzene rings is 7. The molecule has 412 valence electrons. The lowest BCUT2D eigenvalue weighted by molar-refractivity contribution is -0.147. The summed E-state index contributed by atoms with van der Waals surface area (Å²) in [5.74, 6) is -2.24. The van der Waals surface area contributed by atoms with Crippen LogP contribution in [-0.4, -0.2) is 49.2 Å². The average Bonchev–Trinajstić information content (AvgIpc) is 2.88. The van der Waals surface area contributed by atoms with Crippen molar-refractivity contribution in [1.29, 1.82) is 0 Å². The molecule has 2 aliphatic carbocycles. The predicted octanol–water partition coefficient (Wildman–Crippen LogP) is 17.3. The van der Waals surface area contributed by atoms with Gasteiger partial charge in [0.25, 0.3) is 0 Å². The third-order valence-electron chi connectivity index (χ3n) is 14.5. The predicted molar refractivity (Wildman–Crippen MR) is 296 cm³/mol. The number of allylic oxidation sites excluding steroid dienone is 8. The zero-order valence-electron chi connectivity index (χ0n) is 42.8. The highest BCUT2D eigenvalue weighted by Crippen LogP contribution is 2.45. The van der Waals surface area contributed by atoms with E-state index in [4.69, 9.17) is 19.9 Å². The van der Waals surface area contributed by atoms with Gasteiger partial charge in [-0.1, -0.05) is 170 Å². The van der Waals surface area contributed by atoms with Crippen LogP contribution >= 0.6 is 0 Å². The van der Waals surface area contributed by atoms with E-state index >= 15 is 13.2 Å². The molecule has 17 heteroatoms. The SMILES string of the molecule is FC(F)(F)C1=CCC(=c2ccc3c4ccc(=C5C=CC(C(F)(F)F)=CC5C(F)(F)F)cc4n(-c4ccc(-c5cc(-c6ccccc6)nc(-c6ccccc6)n5)cc4-c4nc(-c5ccccc5)cc(-c5ccccc5)n4)c3c2)C(C(F)(F)F)=C1. The van der Waals surface area contributed by atoms with Gasteiger partial charge in [0, 0.05) is 44.2 Å². The van der Waals surface area contributed by atoms with E-state index in [0.29, 0.717) is 73.8 Å². The first-order valence-corrected chi connectivity index (χ1v) is 25.7. The fourth-order valence-electron chi connectivity index (χ4n) is 10.6. The summed E-state index contributed by atoms with van der Waals surface area (Å²) in [6.45, 7) is 0. The molecule has 1 unspecified atom stereocenters. The molecule has 2 aliphatic rings. The Morgan fingerprint density at radius 3 is 1.37 bits per heavy atom. The first kappa shape index (κ1) is 54.0. The molecule has 1 atom stereocenters. The Labute approximate surface area is 464 Å². The molecule has 3 aromatic heterocycles. The second-order valence-corrected chi connectivity index (χ2v) is 19.7. The van der Waals surface area contributed by atoms with Crippen LogP contribution in [0.5, 0.6) is 0 Å². The molecule has 10 aromatic rings. The van der Waals surface area contributed by atoms with Gasteiger partial charge < -0.3 is 4.57 Å². The molecule has 3 heterocycles. The molecule has 0 bridgehead atoms. The van der Waals surface area contributed by atoms with Crippen LogP contribution in [0.2, 0.25) is 0 Å². The Hall–Kier alpha value is -9.64. The third kappa shape index (κ3) is 10.7. The standard InChI is InChI=1S/C66H39F12N5/c67-63(68,69)45-24-28-47(52(34-45)65(73,74)75)42-21-26-49-50-27-22-43(48-29-25-46(64(70,71)72)35-53(48)66(76,77)78)33-60(50)83(59(49)32-42)58-30-23-44(57-37-54(38-13-5-1-6-14-38)79-61(80-57)41-19-11-4-12-20-41)31-51(58)62-81-55(39-15-7-2-8-16-39)36-56(82-62)40-17-9-3-10-18-40/h1-28,30-37,52H,29H2. The van der Waals surface area contributed by atoms with Crippen molar-refractivity contribution >= 4 is 33.0 Å². The van der Waals surface area contributed by atoms with E-state index in [1.807, 2.05) is 121 Å². The monoisotopic (exact) mass is 1130 g/mol. The van der Waals surface area contributed by atoms with Gasteiger partial charge in [-0.15, -0.1) is 0 Å². The van der Waals surface area contributed by atoms with E-state index in [2.05, 4.69) is 0 Å². The van der Waals surface area contributed by atoms with Gasteiger partial charge in [0.15, 0.2) is 11.6 Å². The van der Waals surface area contributed by atoms with E-state index in [1.54, 1.807) is 34.9 Å². The zero-order valence-corrected chi connectivity index (χ0v) is 42.8. The molecule has 0 saturated heterocycles. The average molecular weight is 1130 g/mol. The van der Waals surface area contributed by atoms with Crippen molar-refractivity contribution < 1.29 is 52.7 Å². The molecular weight excluding hydrogens is 1090 g/mol. The Balaban J connectivity index is 1.21. The van der Waals surface area contributed by atoms with Crippen LogP contribution in [0.4, 0.5) is 52.7 Å². The van der Waals surface area contributed by atoms with Crippen molar-refractivity contribution in [2.45, 2.75) is 31.1 Å². The van der Waals surface area contributed by atoms with Crippen LogP contribution in [0.25, 0.3) is 106 Å². The van der Waals surface area contributed by atoms with E-state index in [0.717, 1.165) is 11.6 Å². The lowest BCUT2D eigenvalue weighted by Crippen LogP contribution is -2.29. The van der Waals surface area contributed by atoms with Gasteiger partial charge in [-0.2, -0.15) is 52.7 Å². The topological polar surface area (TPSA) is 56.5 Å². The minimum Gasteiger partial charge on any atom is -0.308 e. The van der Waals surface area contributed by atoms with E-state index in [-0.39, 0.29) is 50.7 Å². The van der Waals surface area contributed by atoms with Crippen molar-refractivity contribution in [3.63, 3.8) is 0 Å². The van der Waals surface area contributed by atoms with Crippen molar-refractivity contribution in [2.75, 3.05) is 0 Å². The number of fused-ring (bicyclic) bond motifs is 3. The zero-order chi connectivity index (χ0) is 58.0. The van der Waals surface area contributed by atoms with Crippen LogP contribution < -0.4 is 10.4 Å². The lowest BCUT2D eigenvalue weighted by atomic mass is 9.88. The molecule has 0 saturated carbocycles. The number of nitrogens with zero attached hydrogens (tertiary/aromatic N) is 5. The van der Waals surface area contributed by atoms with Crippen molar-refractivity contribution in [1.82, 2.24) is 24.5 Å². The number of aromatic nitrogens is 5. The highest BCUT2D eigenvalue weighted by molar-refractivity contribution is 6.10. The molecule has 0 spiro atoms. The molecule has 0 aliphatic heterocycles. The summed E-state index contributed by atoms with van der Waals surface area (Å²) in [7, 11) is 0. The first-order chi connectivity index (χ1) is 39.7. The van der Waals surface area contributed by atoms with Crippen LogP contribution in [0.3, 0.4) is 0 Å². The van der Waals surface area contributed by atoms with Gasteiger partial charge in [0.2, 0.25) is 0 Å². The minimum atomic E-state index is -5.25. The Bertz CT molecular complexity index is 4250. The summed E-state index contributed by atoms with van der Waals surface area (Å²) in [5.41, 5.74) is 0.533. The highest BCUT2D eigenvalue weighted by Gasteiger charge is 2.45.